The summed E-state index contributed by atoms with van der Waals surface area (Å²) in [5.41, 5.74) is 2.07. The summed E-state index contributed by atoms with van der Waals surface area (Å²) in [7, 11) is -3.11. The first-order valence-electron chi connectivity index (χ1n) is 5.75. The van der Waals surface area contributed by atoms with Crippen molar-refractivity contribution < 1.29 is 8.49 Å². The van der Waals surface area contributed by atoms with E-state index in [1.165, 1.54) is 0 Å². The van der Waals surface area contributed by atoms with Gasteiger partial charge in [-0.25, -0.2) is 0 Å². The predicted molar refractivity (Wildman–Crippen MR) is 73.8 cm³/mol. The van der Waals surface area contributed by atoms with E-state index in [2.05, 4.69) is 9.62 Å². The van der Waals surface area contributed by atoms with Crippen LogP contribution >= 0.6 is 0 Å². The minimum absolute atomic E-state index is 0.432. The van der Waals surface area contributed by atoms with Crippen molar-refractivity contribution in [3.63, 3.8) is 0 Å². The SMILES string of the molecule is Cc1ccc([S+](=O)(ON=O)c2ccc(C)cc2)cc1. The van der Waals surface area contributed by atoms with Gasteiger partial charge in [-0.3, -0.25) is 0 Å². The molecule has 0 unspecified atom stereocenters. The van der Waals surface area contributed by atoms with Gasteiger partial charge in [0, 0.05) is 0 Å². The molecule has 0 aliphatic heterocycles. The molecule has 0 fully saturated rings. The topological polar surface area (TPSA) is 55.7 Å². The minimum Gasteiger partial charge on any atom is -0.123 e. The van der Waals surface area contributed by atoms with E-state index >= 15 is 0 Å². The van der Waals surface area contributed by atoms with Gasteiger partial charge < -0.3 is 0 Å². The molecule has 0 saturated heterocycles. The maximum Gasteiger partial charge on any atom is 0.357 e. The molecule has 19 heavy (non-hydrogen) atoms. The fourth-order valence-electron chi connectivity index (χ4n) is 1.70. The summed E-state index contributed by atoms with van der Waals surface area (Å²) in [4.78, 5) is 11.3. The lowest BCUT2D eigenvalue weighted by molar-refractivity contribution is 0.343. The van der Waals surface area contributed by atoms with E-state index < -0.39 is 10.2 Å². The number of benzene rings is 2. The Bertz CT molecular complexity index is 571. The Labute approximate surface area is 113 Å². The summed E-state index contributed by atoms with van der Waals surface area (Å²) in [6.45, 7) is 3.85. The monoisotopic (exact) mass is 276 g/mol. The van der Waals surface area contributed by atoms with E-state index in [9.17, 15) is 9.12 Å². The number of rotatable bonds is 4. The first-order chi connectivity index (χ1) is 9.06. The summed E-state index contributed by atoms with van der Waals surface area (Å²) in [6.07, 6.45) is 0. The van der Waals surface area contributed by atoms with Crippen molar-refractivity contribution in [3.05, 3.63) is 64.6 Å². The molecule has 0 radical (unpaired) electrons. The summed E-state index contributed by atoms with van der Waals surface area (Å²) in [5, 5.41) is 2.38. The number of hydrogen-bond acceptors (Lipinski definition) is 4. The van der Waals surface area contributed by atoms with E-state index in [0.29, 0.717) is 9.79 Å². The summed E-state index contributed by atoms with van der Waals surface area (Å²) in [5.74, 6) is 0. The molecule has 0 N–H and O–H groups in total. The van der Waals surface area contributed by atoms with Crippen molar-refractivity contribution in [2.45, 2.75) is 23.6 Å². The van der Waals surface area contributed by atoms with E-state index in [4.69, 9.17) is 0 Å². The highest BCUT2D eigenvalue weighted by atomic mass is 32.3. The van der Waals surface area contributed by atoms with Crippen LogP contribution in [0.15, 0.2) is 63.7 Å². The zero-order valence-electron chi connectivity index (χ0n) is 10.7. The number of hydrogen-bond donors (Lipinski definition) is 0. The highest BCUT2D eigenvalue weighted by molar-refractivity contribution is 7.98. The minimum atomic E-state index is -3.11. The van der Waals surface area contributed by atoms with Crippen molar-refractivity contribution in [2.24, 2.45) is 5.34 Å². The zero-order valence-corrected chi connectivity index (χ0v) is 11.5. The Morgan fingerprint density at radius 3 is 1.53 bits per heavy atom. The molecule has 0 saturated carbocycles. The van der Waals surface area contributed by atoms with Gasteiger partial charge in [0.25, 0.3) is 0 Å². The van der Waals surface area contributed by atoms with E-state index in [1.54, 1.807) is 24.3 Å². The molecule has 0 atom stereocenters. The molecule has 0 heterocycles. The number of aryl methyl sites for hydroxylation is 2. The van der Waals surface area contributed by atoms with Crippen LogP contribution in [0.3, 0.4) is 0 Å². The first kappa shape index (κ1) is 13.4. The van der Waals surface area contributed by atoms with Gasteiger partial charge in [0.2, 0.25) is 15.1 Å². The van der Waals surface area contributed by atoms with Gasteiger partial charge in [-0.1, -0.05) is 35.4 Å². The molecule has 0 aliphatic rings. The molecule has 5 heteroatoms. The van der Waals surface area contributed by atoms with Gasteiger partial charge in [0.1, 0.15) is 0 Å². The standard InChI is InChI=1S/C14H14NO3S/c1-11-3-7-13(8-4-11)19(17,18-15-16)14-9-5-12(2)6-10-14/h3-10H,1-2H3/q+1. The predicted octanol–water partition coefficient (Wildman–Crippen LogP) is 3.83. The first-order valence-corrected chi connectivity index (χ1v) is 7.23. The third-order valence-electron chi connectivity index (χ3n) is 2.80. The van der Waals surface area contributed by atoms with Gasteiger partial charge >= 0.3 is 10.2 Å². The van der Waals surface area contributed by atoms with Crippen LogP contribution in [0.5, 0.6) is 0 Å². The fraction of sp³-hybridized carbons (Fsp3) is 0.143. The lowest BCUT2D eigenvalue weighted by Gasteiger charge is -2.06. The smallest absolute Gasteiger partial charge is 0.123 e. The van der Waals surface area contributed by atoms with E-state index in [0.717, 1.165) is 11.1 Å². The summed E-state index contributed by atoms with van der Waals surface area (Å²) >= 11 is 0. The van der Waals surface area contributed by atoms with Crippen molar-refractivity contribution in [1.82, 2.24) is 0 Å². The third kappa shape index (κ3) is 2.71. The van der Waals surface area contributed by atoms with Crippen LogP contribution in [-0.2, 0) is 18.7 Å². The fourth-order valence-corrected chi connectivity index (χ4v) is 3.22. The van der Waals surface area contributed by atoms with Crippen molar-refractivity contribution in [2.75, 3.05) is 0 Å². The van der Waals surface area contributed by atoms with Crippen molar-refractivity contribution in [3.8, 4) is 0 Å². The summed E-state index contributed by atoms with van der Waals surface area (Å²) < 4.78 is 17.6. The van der Waals surface area contributed by atoms with Crippen LogP contribution in [-0.4, -0.2) is 0 Å². The van der Waals surface area contributed by atoms with Gasteiger partial charge in [-0.15, -0.1) is 9.19 Å². The van der Waals surface area contributed by atoms with Crippen LogP contribution in [0, 0.1) is 18.8 Å². The van der Waals surface area contributed by atoms with Crippen LogP contribution < -0.4 is 0 Å². The second-order valence-corrected chi connectivity index (χ2v) is 6.38. The lowest BCUT2D eigenvalue weighted by atomic mass is 10.2. The number of nitrogens with zero attached hydrogens (tertiary/aromatic N) is 1. The molecule has 2 aromatic rings. The average Bonchev–Trinajstić information content (AvgIpc) is 2.40. The maximum atomic E-state index is 12.9. The molecule has 0 spiro atoms. The molecule has 0 amide bonds. The summed E-state index contributed by atoms with van der Waals surface area (Å²) in [6, 6.07) is 14.0. The molecule has 0 bridgehead atoms. The van der Waals surface area contributed by atoms with Crippen molar-refractivity contribution >= 4 is 10.2 Å². The second kappa shape index (κ2) is 5.32. The van der Waals surface area contributed by atoms with Crippen molar-refractivity contribution in [1.29, 1.82) is 0 Å². The Hall–Kier alpha value is -2.01. The Morgan fingerprint density at radius 2 is 1.21 bits per heavy atom. The van der Waals surface area contributed by atoms with Gasteiger partial charge in [-0.2, -0.15) is 0 Å². The van der Waals surface area contributed by atoms with Crippen LogP contribution in [0.4, 0.5) is 0 Å². The maximum absolute atomic E-state index is 12.9. The van der Waals surface area contributed by atoms with Gasteiger partial charge in [0.15, 0.2) is 0 Å². The molecular formula is C14H14NO3S+. The molecular weight excluding hydrogens is 262 g/mol. The van der Waals surface area contributed by atoms with Gasteiger partial charge in [-0.05, 0) is 42.3 Å². The Balaban J connectivity index is 2.54. The normalized spacial score (nSPS) is 11.1. The second-order valence-electron chi connectivity index (χ2n) is 4.28. The zero-order chi connectivity index (χ0) is 13.9. The molecule has 4 nitrogen and oxygen atoms in total. The van der Waals surface area contributed by atoms with E-state index in [-0.39, 0.29) is 0 Å². The Kier molecular flexibility index (Phi) is 3.76. The molecule has 98 valence electrons. The Morgan fingerprint density at radius 1 is 0.842 bits per heavy atom. The average molecular weight is 276 g/mol. The molecule has 2 aromatic carbocycles. The third-order valence-corrected chi connectivity index (χ3v) is 4.85. The highest BCUT2D eigenvalue weighted by Gasteiger charge is 2.39. The van der Waals surface area contributed by atoms with Crippen LogP contribution in [0.25, 0.3) is 0 Å². The lowest BCUT2D eigenvalue weighted by Crippen LogP contribution is -2.13. The molecule has 2 rings (SSSR count). The van der Waals surface area contributed by atoms with E-state index in [1.807, 2.05) is 38.1 Å². The van der Waals surface area contributed by atoms with Gasteiger partial charge in [0.05, 0.1) is 0 Å². The van der Waals surface area contributed by atoms with Crippen LogP contribution in [0.1, 0.15) is 11.1 Å². The molecule has 0 aromatic heterocycles. The quantitative estimate of drug-likeness (QED) is 0.484. The highest BCUT2D eigenvalue weighted by Crippen LogP contribution is 2.30. The van der Waals surface area contributed by atoms with Crippen LogP contribution in [0.2, 0.25) is 0 Å². The molecule has 0 aliphatic carbocycles. The largest absolute Gasteiger partial charge is 0.357 e.